The zero-order valence-electron chi connectivity index (χ0n) is 11.9. The number of fused-ring (bicyclic) bond motifs is 1. The van der Waals surface area contributed by atoms with Crippen LogP contribution in [0.4, 0.5) is 0 Å². The Morgan fingerprint density at radius 1 is 1.18 bits per heavy atom. The maximum absolute atomic E-state index is 5.95. The number of hydrogen-bond acceptors (Lipinski definition) is 2. The molecule has 0 radical (unpaired) electrons. The second kappa shape index (κ2) is 5.27. The summed E-state index contributed by atoms with van der Waals surface area (Å²) in [5, 5.41) is 0. The highest BCUT2D eigenvalue weighted by Crippen LogP contribution is 2.38. The summed E-state index contributed by atoms with van der Waals surface area (Å²) in [6.07, 6.45) is 5.70. The number of hydrogen-bond donors (Lipinski definition) is 1. The Morgan fingerprint density at radius 2 is 1.76 bits per heavy atom. The van der Waals surface area contributed by atoms with Gasteiger partial charge in [-0.2, -0.15) is 0 Å². The highest BCUT2D eigenvalue weighted by molar-refractivity contribution is 4.89. The molecule has 1 aliphatic heterocycles. The molecule has 1 saturated heterocycles. The first kappa shape index (κ1) is 13.4. The van der Waals surface area contributed by atoms with Gasteiger partial charge in [0.1, 0.15) is 0 Å². The average molecular weight is 238 g/mol. The Bertz CT molecular complexity index is 232. The van der Waals surface area contributed by atoms with Gasteiger partial charge >= 0.3 is 0 Å². The van der Waals surface area contributed by atoms with Crippen LogP contribution in [0, 0.1) is 23.2 Å². The van der Waals surface area contributed by atoms with Gasteiger partial charge in [0.25, 0.3) is 0 Å². The summed E-state index contributed by atoms with van der Waals surface area (Å²) in [5.74, 6) is 2.72. The minimum absolute atomic E-state index is 0.416. The molecule has 2 fully saturated rings. The molecule has 2 nitrogen and oxygen atoms in total. The van der Waals surface area contributed by atoms with Gasteiger partial charge < -0.3 is 10.6 Å². The van der Waals surface area contributed by atoms with Crippen molar-refractivity contribution in [3.05, 3.63) is 0 Å². The Labute approximate surface area is 107 Å². The summed E-state index contributed by atoms with van der Waals surface area (Å²) in [6, 6.07) is 0. The topological polar surface area (TPSA) is 29.3 Å². The zero-order valence-corrected chi connectivity index (χ0v) is 11.9. The predicted octanol–water partition coefficient (Wildman–Crippen LogP) is 2.73. The van der Waals surface area contributed by atoms with Crippen molar-refractivity contribution in [3.63, 3.8) is 0 Å². The highest BCUT2D eigenvalue weighted by atomic mass is 15.2. The molecule has 0 bridgehead atoms. The number of nitrogens with zero attached hydrogens (tertiary/aromatic N) is 1. The van der Waals surface area contributed by atoms with Crippen molar-refractivity contribution in [1.29, 1.82) is 0 Å². The van der Waals surface area contributed by atoms with E-state index in [1.807, 2.05) is 0 Å². The lowest BCUT2D eigenvalue weighted by molar-refractivity contribution is 0.211. The molecule has 0 aromatic heterocycles. The molecule has 1 saturated carbocycles. The van der Waals surface area contributed by atoms with Crippen LogP contribution in [0.1, 0.15) is 46.5 Å². The van der Waals surface area contributed by atoms with Gasteiger partial charge in [0, 0.05) is 19.6 Å². The predicted molar refractivity (Wildman–Crippen MR) is 73.9 cm³/mol. The minimum Gasteiger partial charge on any atom is -0.330 e. The maximum Gasteiger partial charge on any atom is 0.00221 e. The molecule has 3 unspecified atom stereocenters. The quantitative estimate of drug-likeness (QED) is 0.816. The van der Waals surface area contributed by atoms with E-state index in [0.29, 0.717) is 11.3 Å². The summed E-state index contributed by atoms with van der Waals surface area (Å²) >= 11 is 0. The molecule has 0 spiro atoms. The standard InChI is InChI=1S/C15H30N2/c1-15(2,3)7-12(8-16)9-17-10-13-5-4-6-14(13)11-17/h12-14H,4-11,16H2,1-3H3. The molecule has 3 atom stereocenters. The fourth-order valence-electron chi connectivity index (χ4n) is 3.93. The SMILES string of the molecule is CC(C)(C)CC(CN)CN1CC2CCCC2C1. The molecule has 2 rings (SSSR count). The van der Waals surface area contributed by atoms with E-state index < -0.39 is 0 Å². The third kappa shape index (κ3) is 3.69. The molecule has 1 aliphatic carbocycles. The first-order valence-electron chi connectivity index (χ1n) is 7.40. The summed E-state index contributed by atoms with van der Waals surface area (Å²) in [4.78, 5) is 2.69. The Balaban J connectivity index is 1.79. The summed E-state index contributed by atoms with van der Waals surface area (Å²) in [5.41, 5.74) is 6.36. The van der Waals surface area contributed by atoms with E-state index in [0.717, 1.165) is 18.4 Å². The van der Waals surface area contributed by atoms with E-state index in [1.54, 1.807) is 0 Å². The minimum atomic E-state index is 0.416. The molecule has 17 heavy (non-hydrogen) atoms. The van der Waals surface area contributed by atoms with Crippen LogP contribution >= 0.6 is 0 Å². The molecule has 0 aromatic rings. The van der Waals surface area contributed by atoms with Crippen molar-refractivity contribution in [2.45, 2.75) is 46.5 Å². The van der Waals surface area contributed by atoms with Crippen LogP contribution < -0.4 is 5.73 Å². The Morgan fingerprint density at radius 3 is 2.24 bits per heavy atom. The van der Waals surface area contributed by atoms with Gasteiger partial charge in [0.05, 0.1) is 0 Å². The van der Waals surface area contributed by atoms with E-state index in [-0.39, 0.29) is 0 Å². The van der Waals surface area contributed by atoms with Gasteiger partial charge in [-0.3, -0.25) is 0 Å². The van der Waals surface area contributed by atoms with Crippen LogP contribution in [-0.4, -0.2) is 31.1 Å². The number of rotatable bonds is 4. The summed E-state index contributed by atoms with van der Waals surface area (Å²) in [6.45, 7) is 11.8. The second-order valence-electron chi connectivity index (χ2n) is 7.54. The number of nitrogens with two attached hydrogens (primary N) is 1. The zero-order chi connectivity index (χ0) is 12.5. The molecule has 100 valence electrons. The van der Waals surface area contributed by atoms with Crippen LogP contribution in [0.3, 0.4) is 0 Å². The van der Waals surface area contributed by atoms with Gasteiger partial charge in [-0.25, -0.2) is 0 Å². The monoisotopic (exact) mass is 238 g/mol. The van der Waals surface area contributed by atoms with Crippen LogP contribution in [-0.2, 0) is 0 Å². The lowest BCUT2D eigenvalue weighted by atomic mass is 9.84. The smallest absolute Gasteiger partial charge is 0.00221 e. The molecule has 0 amide bonds. The molecule has 0 aromatic carbocycles. The fraction of sp³-hybridized carbons (Fsp3) is 1.00. The summed E-state index contributed by atoms with van der Waals surface area (Å²) < 4.78 is 0. The largest absolute Gasteiger partial charge is 0.330 e. The maximum atomic E-state index is 5.95. The van der Waals surface area contributed by atoms with Crippen molar-refractivity contribution >= 4 is 0 Å². The lowest BCUT2D eigenvalue weighted by Crippen LogP contribution is -2.34. The molecule has 2 heteroatoms. The molecule has 2 N–H and O–H groups in total. The van der Waals surface area contributed by atoms with Crippen molar-refractivity contribution in [2.75, 3.05) is 26.2 Å². The third-order valence-electron chi connectivity index (χ3n) is 4.55. The first-order valence-corrected chi connectivity index (χ1v) is 7.40. The van der Waals surface area contributed by atoms with Crippen LogP contribution in [0.15, 0.2) is 0 Å². The van der Waals surface area contributed by atoms with Crippen molar-refractivity contribution in [3.8, 4) is 0 Å². The first-order chi connectivity index (χ1) is 7.98. The number of likely N-dealkylation sites (tertiary alicyclic amines) is 1. The third-order valence-corrected chi connectivity index (χ3v) is 4.55. The molecular weight excluding hydrogens is 208 g/mol. The van der Waals surface area contributed by atoms with Gasteiger partial charge in [-0.15, -0.1) is 0 Å². The van der Waals surface area contributed by atoms with E-state index in [9.17, 15) is 0 Å². The van der Waals surface area contributed by atoms with E-state index >= 15 is 0 Å². The fourth-order valence-corrected chi connectivity index (χ4v) is 3.93. The Kier molecular flexibility index (Phi) is 4.14. The van der Waals surface area contributed by atoms with Gasteiger partial charge in [0.2, 0.25) is 0 Å². The molecule has 1 heterocycles. The van der Waals surface area contributed by atoms with Crippen molar-refractivity contribution in [1.82, 2.24) is 4.90 Å². The van der Waals surface area contributed by atoms with Crippen molar-refractivity contribution < 1.29 is 0 Å². The van der Waals surface area contributed by atoms with Gasteiger partial charge in [-0.1, -0.05) is 27.2 Å². The summed E-state index contributed by atoms with van der Waals surface area (Å²) in [7, 11) is 0. The van der Waals surface area contributed by atoms with E-state index in [2.05, 4.69) is 25.7 Å². The van der Waals surface area contributed by atoms with Crippen LogP contribution in [0.25, 0.3) is 0 Å². The van der Waals surface area contributed by atoms with E-state index in [4.69, 9.17) is 5.73 Å². The normalized spacial score (nSPS) is 31.8. The van der Waals surface area contributed by atoms with Gasteiger partial charge in [-0.05, 0) is 49.0 Å². The van der Waals surface area contributed by atoms with Crippen LogP contribution in [0.2, 0.25) is 0 Å². The highest BCUT2D eigenvalue weighted by Gasteiger charge is 2.36. The molecule has 2 aliphatic rings. The average Bonchev–Trinajstić information content (AvgIpc) is 2.74. The Hall–Kier alpha value is -0.0800. The van der Waals surface area contributed by atoms with Crippen molar-refractivity contribution in [2.24, 2.45) is 28.9 Å². The van der Waals surface area contributed by atoms with Crippen LogP contribution in [0.5, 0.6) is 0 Å². The second-order valence-corrected chi connectivity index (χ2v) is 7.54. The molecular formula is C15H30N2. The lowest BCUT2D eigenvalue weighted by Gasteiger charge is -2.29. The van der Waals surface area contributed by atoms with Gasteiger partial charge in [0.15, 0.2) is 0 Å². The van der Waals surface area contributed by atoms with E-state index in [1.165, 1.54) is 45.3 Å².